The van der Waals surface area contributed by atoms with Crippen molar-refractivity contribution < 1.29 is 13.2 Å². The summed E-state index contributed by atoms with van der Waals surface area (Å²) in [4.78, 5) is 12.4. The van der Waals surface area contributed by atoms with Crippen molar-refractivity contribution in [2.75, 3.05) is 6.54 Å². The van der Waals surface area contributed by atoms with Crippen molar-refractivity contribution in [1.82, 2.24) is 10.0 Å². The first-order valence-electron chi connectivity index (χ1n) is 7.63. The molecule has 0 bridgehead atoms. The molecule has 0 aliphatic heterocycles. The van der Waals surface area contributed by atoms with Crippen LogP contribution in [0.5, 0.6) is 0 Å². The summed E-state index contributed by atoms with van der Waals surface area (Å²) >= 11 is 5.79. The summed E-state index contributed by atoms with van der Waals surface area (Å²) in [5.41, 5.74) is 0.847. The summed E-state index contributed by atoms with van der Waals surface area (Å²) in [6.07, 6.45) is 1.77. The van der Waals surface area contributed by atoms with Gasteiger partial charge in [-0.2, -0.15) is 4.72 Å². The molecule has 0 heterocycles. The monoisotopic (exact) mass is 378 g/mol. The second-order valence-corrected chi connectivity index (χ2v) is 7.50. The van der Waals surface area contributed by atoms with Gasteiger partial charge < -0.3 is 5.32 Å². The highest BCUT2D eigenvalue weighted by Crippen LogP contribution is 2.15. The molecule has 2 rings (SSSR count). The Morgan fingerprint density at radius 3 is 2.36 bits per heavy atom. The smallest absolute Gasteiger partial charge is 0.241 e. The molecule has 5 nitrogen and oxygen atoms in total. The van der Waals surface area contributed by atoms with Crippen LogP contribution in [0.15, 0.2) is 72.1 Å². The van der Waals surface area contributed by atoms with E-state index in [2.05, 4.69) is 16.6 Å². The van der Waals surface area contributed by atoms with Crippen LogP contribution in [-0.2, 0) is 21.2 Å². The highest BCUT2D eigenvalue weighted by atomic mass is 35.5. The van der Waals surface area contributed by atoms with Gasteiger partial charge in [0.05, 0.1) is 4.90 Å². The van der Waals surface area contributed by atoms with Crippen molar-refractivity contribution in [3.63, 3.8) is 0 Å². The third kappa shape index (κ3) is 5.70. The molecule has 1 amide bonds. The summed E-state index contributed by atoms with van der Waals surface area (Å²) < 4.78 is 27.6. The predicted molar refractivity (Wildman–Crippen MR) is 98.9 cm³/mol. The number of benzene rings is 2. The lowest BCUT2D eigenvalue weighted by molar-refractivity contribution is -0.122. The lowest BCUT2D eigenvalue weighted by Crippen LogP contribution is -2.47. The molecule has 7 heteroatoms. The second-order valence-electron chi connectivity index (χ2n) is 5.35. The summed E-state index contributed by atoms with van der Waals surface area (Å²) in [7, 11) is -3.86. The van der Waals surface area contributed by atoms with Crippen LogP contribution in [-0.4, -0.2) is 26.9 Å². The third-order valence-corrected chi connectivity index (χ3v) is 5.18. The van der Waals surface area contributed by atoms with Gasteiger partial charge in [-0.25, -0.2) is 8.42 Å². The highest BCUT2D eigenvalue weighted by Gasteiger charge is 2.25. The maximum atomic E-state index is 12.6. The van der Waals surface area contributed by atoms with Gasteiger partial charge in [0.15, 0.2) is 0 Å². The summed E-state index contributed by atoms with van der Waals surface area (Å²) in [5, 5.41) is 3.06. The average molecular weight is 379 g/mol. The van der Waals surface area contributed by atoms with Crippen LogP contribution in [0, 0.1) is 0 Å². The first-order valence-corrected chi connectivity index (χ1v) is 9.49. The Hall–Kier alpha value is -2.15. The van der Waals surface area contributed by atoms with Gasteiger partial charge in [0.25, 0.3) is 0 Å². The molecule has 132 valence electrons. The number of halogens is 1. The van der Waals surface area contributed by atoms with Gasteiger partial charge in [0, 0.05) is 11.6 Å². The zero-order chi connectivity index (χ0) is 18.3. The van der Waals surface area contributed by atoms with Gasteiger partial charge in [-0.1, -0.05) is 48.0 Å². The van der Waals surface area contributed by atoms with Crippen LogP contribution in [0.1, 0.15) is 5.56 Å². The van der Waals surface area contributed by atoms with Crippen molar-refractivity contribution >= 4 is 27.5 Å². The molecule has 2 aromatic rings. The Morgan fingerprint density at radius 2 is 1.76 bits per heavy atom. The molecule has 0 aliphatic rings. The standard InChI is InChI=1S/C18H19ClN2O3S/c1-2-12-20-18(22)17(13-14-6-4-3-5-7-14)21-25(23,24)16-10-8-15(19)9-11-16/h2-11,17,21H,1,12-13H2,(H,20,22). The molecule has 1 unspecified atom stereocenters. The lowest BCUT2D eigenvalue weighted by atomic mass is 10.1. The molecule has 0 aromatic heterocycles. The summed E-state index contributed by atoms with van der Waals surface area (Å²) in [5.74, 6) is -0.415. The van der Waals surface area contributed by atoms with Gasteiger partial charge in [-0.15, -0.1) is 6.58 Å². The Labute approximate surface area is 152 Å². The van der Waals surface area contributed by atoms with Crippen molar-refractivity contribution in [2.45, 2.75) is 17.4 Å². The molecule has 0 saturated carbocycles. The van der Waals surface area contributed by atoms with Crippen LogP contribution in [0.3, 0.4) is 0 Å². The molecular formula is C18H19ClN2O3S. The molecule has 2 N–H and O–H groups in total. The topological polar surface area (TPSA) is 75.3 Å². The van der Waals surface area contributed by atoms with E-state index in [9.17, 15) is 13.2 Å². The van der Waals surface area contributed by atoms with E-state index >= 15 is 0 Å². The van der Waals surface area contributed by atoms with E-state index in [0.29, 0.717) is 5.02 Å². The maximum absolute atomic E-state index is 12.6. The van der Waals surface area contributed by atoms with E-state index in [1.807, 2.05) is 30.3 Å². The van der Waals surface area contributed by atoms with Crippen LogP contribution < -0.4 is 10.0 Å². The Bertz CT molecular complexity index is 821. The lowest BCUT2D eigenvalue weighted by Gasteiger charge is -2.18. The summed E-state index contributed by atoms with van der Waals surface area (Å²) in [6, 6.07) is 14.0. The van der Waals surface area contributed by atoms with Crippen LogP contribution in [0.2, 0.25) is 5.02 Å². The average Bonchev–Trinajstić information content (AvgIpc) is 2.60. The van der Waals surface area contributed by atoms with E-state index < -0.39 is 22.0 Å². The molecule has 0 saturated heterocycles. The van der Waals surface area contributed by atoms with Crippen LogP contribution in [0.25, 0.3) is 0 Å². The Balaban J connectivity index is 2.23. The van der Waals surface area contributed by atoms with Gasteiger partial charge in [0.2, 0.25) is 15.9 Å². The second kappa shape index (κ2) is 8.80. The zero-order valence-corrected chi connectivity index (χ0v) is 15.1. The van der Waals surface area contributed by atoms with Crippen molar-refractivity contribution in [3.05, 3.63) is 77.8 Å². The van der Waals surface area contributed by atoms with Crippen molar-refractivity contribution in [2.24, 2.45) is 0 Å². The molecule has 0 fully saturated rings. The number of rotatable bonds is 8. The van der Waals surface area contributed by atoms with E-state index in [1.165, 1.54) is 30.3 Å². The fraction of sp³-hybridized carbons (Fsp3) is 0.167. The molecule has 0 aliphatic carbocycles. The highest BCUT2D eigenvalue weighted by molar-refractivity contribution is 7.89. The molecule has 0 radical (unpaired) electrons. The molecule has 2 aromatic carbocycles. The van der Waals surface area contributed by atoms with E-state index in [4.69, 9.17) is 11.6 Å². The number of hydrogen-bond donors (Lipinski definition) is 2. The molecule has 0 spiro atoms. The maximum Gasteiger partial charge on any atom is 0.241 e. The number of carbonyl (C=O) groups excluding carboxylic acids is 1. The number of hydrogen-bond acceptors (Lipinski definition) is 3. The molecular weight excluding hydrogens is 360 g/mol. The SMILES string of the molecule is C=CCNC(=O)C(Cc1ccccc1)NS(=O)(=O)c1ccc(Cl)cc1. The van der Waals surface area contributed by atoms with E-state index in [-0.39, 0.29) is 17.9 Å². The predicted octanol–water partition coefficient (Wildman–Crippen LogP) is 2.53. The minimum Gasteiger partial charge on any atom is -0.351 e. The quantitative estimate of drug-likeness (QED) is 0.693. The fourth-order valence-corrected chi connectivity index (χ4v) is 3.52. The van der Waals surface area contributed by atoms with Gasteiger partial charge >= 0.3 is 0 Å². The number of amides is 1. The van der Waals surface area contributed by atoms with Crippen molar-refractivity contribution in [3.8, 4) is 0 Å². The van der Waals surface area contributed by atoms with Gasteiger partial charge in [0.1, 0.15) is 6.04 Å². The number of sulfonamides is 1. The first kappa shape index (κ1) is 19.2. The fourth-order valence-electron chi connectivity index (χ4n) is 2.20. The van der Waals surface area contributed by atoms with E-state index in [0.717, 1.165) is 5.56 Å². The zero-order valence-electron chi connectivity index (χ0n) is 13.5. The normalized spacial score (nSPS) is 12.4. The largest absolute Gasteiger partial charge is 0.351 e. The first-order chi connectivity index (χ1) is 11.9. The van der Waals surface area contributed by atoms with Crippen LogP contribution in [0.4, 0.5) is 0 Å². The van der Waals surface area contributed by atoms with Gasteiger partial charge in [-0.05, 0) is 36.2 Å². The number of nitrogens with one attached hydrogen (secondary N) is 2. The number of carbonyl (C=O) groups is 1. The van der Waals surface area contributed by atoms with Gasteiger partial charge in [-0.3, -0.25) is 4.79 Å². The third-order valence-electron chi connectivity index (χ3n) is 3.44. The Kier molecular flexibility index (Phi) is 6.75. The van der Waals surface area contributed by atoms with Crippen LogP contribution >= 0.6 is 11.6 Å². The summed E-state index contributed by atoms with van der Waals surface area (Å²) in [6.45, 7) is 3.80. The molecule has 25 heavy (non-hydrogen) atoms. The van der Waals surface area contributed by atoms with Crippen molar-refractivity contribution in [1.29, 1.82) is 0 Å². The minimum absolute atomic E-state index is 0.0477. The molecule has 1 atom stereocenters. The minimum atomic E-state index is -3.86. The van der Waals surface area contributed by atoms with E-state index in [1.54, 1.807) is 0 Å². The Morgan fingerprint density at radius 1 is 1.12 bits per heavy atom.